The minimum Gasteiger partial charge on any atom is -0.493 e. The Bertz CT molecular complexity index is 1380. The van der Waals surface area contributed by atoms with Gasteiger partial charge in [0.25, 0.3) is 5.91 Å². The number of hydrogen-bond acceptors (Lipinski definition) is 6. The Morgan fingerprint density at radius 2 is 1.69 bits per heavy atom. The minimum atomic E-state index is -0.609. The lowest BCUT2D eigenvalue weighted by molar-refractivity contribution is -0.119. The molecule has 1 aromatic heterocycles. The Labute approximate surface area is 203 Å². The van der Waals surface area contributed by atoms with E-state index in [2.05, 4.69) is 5.32 Å². The number of fused-ring (bicyclic) bond motifs is 1. The van der Waals surface area contributed by atoms with E-state index in [1.54, 1.807) is 44.6 Å². The van der Waals surface area contributed by atoms with Crippen LogP contribution in [0.4, 0.5) is 5.69 Å². The second kappa shape index (κ2) is 10.7. The average molecular weight is 471 g/mol. The molecule has 1 amide bonds. The summed E-state index contributed by atoms with van der Waals surface area (Å²) < 4.78 is 16.1. The number of carbonyl (C=O) groups excluding carboxylic acids is 2. The molecule has 4 aromatic rings. The Kier molecular flexibility index (Phi) is 7.26. The second-order valence-electron chi connectivity index (χ2n) is 7.82. The van der Waals surface area contributed by atoms with Crippen molar-refractivity contribution in [2.45, 2.75) is 13.3 Å². The first-order valence-corrected chi connectivity index (χ1v) is 11.2. The molecule has 0 bridgehead atoms. The molecule has 1 N–H and O–H groups in total. The van der Waals surface area contributed by atoms with E-state index in [0.29, 0.717) is 39.3 Å². The van der Waals surface area contributed by atoms with Crippen molar-refractivity contribution in [2.75, 3.05) is 26.1 Å². The molecule has 0 atom stereocenters. The zero-order chi connectivity index (χ0) is 24.8. The molecule has 7 heteroatoms. The van der Waals surface area contributed by atoms with Crippen molar-refractivity contribution in [3.05, 3.63) is 83.9 Å². The Morgan fingerprint density at radius 1 is 0.886 bits per heavy atom. The smallest absolute Gasteiger partial charge is 0.339 e. The number of nitrogens with one attached hydrogen (secondary N) is 1. The molecule has 4 rings (SSSR count). The molecule has 0 saturated heterocycles. The van der Waals surface area contributed by atoms with Crippen molar-refractivity contribution in [1.82, 2.24) is 4.98 Å². The van der Waals surface area contributed by atoms with Gasteiger partial charge >= 0.3 is 5.97 Å². The Morgan fingerprint density at radius 3 is 2.46 bits per heavy atom. The summed E-state index contributed by atoms with van der Waals surface area (Å²) in [4.78, 5) is 30.2. The summed E-state index contributed by atoms with van der Waals surface area (Å²) in [6.07, 6.45) is 0.857. The van der Waals surface area contributed by atoms with Crippen LogP contribution in [0.3, 0.4) is 0 Å². The summed E-state index contributed by atoms with van der Waals surface area (Å²) >= 11 is 0. The highest BCUT2D eigenvalue weighted by Gasteiger charge is 2.17. The van der Waals surface area contributed by atoms with Gasteiger partial charge in [0.05, 0.1) is 31.0 Å². The quantitative estimate of drug-likeness (QED) is 0.353. The van der Waals surface area contributed by atoms with Crippen LogP contribution in [-0.4, -0.2) is 37.7 Å². The van der Waals surface area contributed by atoms with E-state index in [4.69, 9.17) is 19.2 Å². The van der Waals surface area contributed by atoms with E-state index in [1.165, 1.54) is 0 Å². The molecule has 0 fully saturated rings. The van der Waals surface area contributed by atoms with E-state index in [0.717, 1.165) is 17.5 Å². The molecular formula is C28H26N2O5. The minimum absolute atomic E-state index is 0.321. The average Bonchev–Trinajstić information content (AvgIpc) is 2.90. The molecular weight excluding hydrogens is 444 g/mol. The Hall–Kier alpha value is -4.39. The maximum atomic E-state index is 13.0. The number of rotatable bonds is 8. The van der Waals surface area contributed by atoms with Crippen LogP contribution in [-0.2, 0) is 16.0 Å². The van der Waals surface area contributed by atoms with E-state index < -0.39 is 18.5 Å². The zero-order valence-corrected chi connectivity index (χ0v) is 19.8. The van der Waals surface area contributed by atoms with Crippen LogP contribution in [0.1, 0.15) is 22.8 Å². The van der Waals surface area contributed by atoms with Gasteiger partial charge in [0, 0.05) is 16.6 Å². The maximum absolute atomic E-state index is 13.0. The van der Waals surface area contributed by atoms with Crippen molar-refractivity contribution < 1.29 is 23.8 Å². The molecule has 0 spiro atoms. The number of pyridine rings is 1. The lowest BCUT2D eigenvalue weighted by Gasteiger charge is -2.12. The number of aryl methyl sites for hydroxylation is 1. The molecule has 0 aliphatic rings. The number of amides is 1. The van der Waals surface area contributed by atoms with Gasteiger partial charge in [0.2, 0.25) is 0 Å². The van der Waals surface area contributed by atoms with Crippen LogP contribution in [0, 0.1) is 0 Å². The summed E-state index contributed by atoms with van der Waals surface area (Å²) in [6, 6.07) is 21.9. The van der Waals surface area contributed by atoms with Gasteiger partial charge in [-0.1, -0.05) is 37.3 Å². The monoisotopic (exact) mass is 470 g/mol. The van der Waals surface area contributed by atoms with Crippen LogP contribution in [0.5, 0.6) is 11.5 Å². The second-order valence-corrected chi connectivity index (χ2v) is 7.82. The number of methoxy groups -OCH3 is 2. The first kappa shape index (κ1) is 23.8. The number of ether oxygens (including phenoxy) is 3. The standard InChI is InChI=1S/C28H26N2O5/c1-4-18-8-7-9-20(14-18)29-27(31)17-35-28(32)22-16-24(30-23-11-6-5-10-21(22)23)19-12-13-25(33-2)26(15-19)34-3/h5-16H,4,17H2,1-3H3,(H,29,31). The highest BCUT2D eigenvalue weighted by Crippen LogP contribution is 2.33. The van der Waals surface area contributed by atoms with E-state index in [-0.39, 0.29) is 0 Å². The number of esters is 1. The lowest BCUT2D eigenvalue weighted by atomic mass is 10.0. The van der Waals surface area contributed by atoms with Gasteiger partial charge in [-0.05, 0) is 54.4 Å². The number of hydrogen-bond donors (Lipinski definition) is 1. The zero-order valence-electron chi connectivity index (χ0n) is 19.8. The first-order chi connectivity index (χ1) is 17.0. The molecule has 3 aromatic carbocycles. The maximum Gasteiger partial charge on any atom is 0.339 e. The summed E-state index contributed by atoms with van der Waals surface area (Å²) in [6.45, 7) is 1.63. The Balaban J connectivity index is 1.58. The molecule has 0 aliphatic carbocycles. The molecule has 0 aliphatic heterocycles. The number of benzene rings is 3. The van der Waals surface area contributed by atoms with Crippen LogP contribution in [0.2, 0.25) is 0 Å². The highest BCUT2D eigenvalue weighted by atomic mass is 16.5. The molecule has 0 saturated carbocycles. The van der Waals surface area contributed by atoms with Gasteiger partial charge in [-0.3, -0.25) is 4.79 Å². The predicted molar refractivity (Wildman–Crippen MR) is 135 cm³/mol. The highest BCUT2D eigenvalue weighted by molar-refractivity contribution is 6.05. The SMILES string of the molecule is CCc1cccc(NC(=O)COC(=O)c2cc(-c3ccc(OC)c(OC)c3)nc3ccccc23)c1. The lowest BCUT2D eigenvalue weighted by Crippen LogP contribution is -2.21. The third-order valence-corrected chi connectivity index (χ3v) is 5.57. The van der Waals surface area contributed by atoms with Gasteiger partial charge < -0.3 is 19.5 Å². The van der Waals surface area contributed by atoms with Gasteiger partial charge in [-0.15, -0.1) is 0 Å². The molecule has 35 heavy (non-hydrogen) atoms. The fraction of sp³-hybridized carbons (Fsp3) is 0.179. The van der Waals surface area contributed by atoms with Gasteiger partial charge in [0.15, 0.2) is 18.1 Å². The predicted octanol–water partition coefficient (Wildman–Crippen LogP) is 5.28. The summed E-state index contributed by atoms with van der Waals surface area (Å²) in [5.74, 6) is 0.118. The third-order valence-electron chi connectivity index (χ3n) is 5.57. The molecule has 0 radical (unpaired) electrons. The molecule has 1 heterocycles. The van der Waals surface area contributed by atoms with Gasteiger partial charge in [0.1, 0.15) is 0 Å². The number of para-hydroxylation sites is 1. The largest absolute Gasteiger partial charge is 0.493 e. The van der Waals surface area contributed by atoms with Crippen LogP contribution in [0.15, 0.2) is 72.8 Å². The van der Waals surface area contributed by atoms with E-state index in [1.807, 2.05) is 49.4 Å². The van der Waals surface area contributed by atoms with Crippen LogP contribution in [0.25, 0.3) is 22.2 Å². The van der Waals surface area contributed by atoms with Crippen molar-refractivity contribution in [3.8, 4) is 22.8 Å². The van der Waals surface area contributed by atoms with Crippen molar-refractivity contribution in [2.24, 2.45) is 0 Å². The third kappa shape index (κ3) is 5.41. The summed E-state index contributed by atoms with van der Waals surface area (Å²) in [5, 5.41) is 3.40. The van der Waals surface area contributed by atoms with Crippen molar-refractivity contribution in [3.63, 3.8) is 0 Å². The topological polar surface area (TPSA) is 86.8 Å². The summed E-state index contributed by atoms with van der Waals surface area (Å²) in [5.41, 5.74) is 4.03. The fourth-order valence-corrected chi connectivity index (χ4v) is 3.76. The van der Waals surface area contributed by atoms with Gasteiger partial charge in [-0.25, -0.2) is 9.78 Å². The van der Waals surface area contributed by atoms with Crippen LogP contribution >= 0.6 is 0 Å². The van der Waals surface area contributed by atoms with E-state index in [9.17, 15) is 9.59 Å². The van der Waals surface area contributed by atoms with Crippen molar-refractivity contribution in [1.29, 1.82) is 0 Å². The fourth-order valence-electron chi connectivity index (χ4n) is 3.76. The molecule has 7 nitrogen and oxygen atoms in total. The van der Waals surface area contributed by atoms with Crippen molar-refractivity contribution >= 4 is 28.5 Å². The normalized spacial score (nSPS) is 10.6. The number of aromatic nitrogens is 1. The van der Waals surface area contributed by atoms with Gasteiger partial charge in [-0.2, -0.15) is 0 Å². The summed E-state index contributed by atoms with van der Waals surface area (Å²) in [7, 11) is 3.12. The van der Waals surface area contributed by atoms with E-state index >= 15 is 0 Å². The first-order valence-electron chi connectivity index (χ1n) is 11.2. The number of nitrogens with zero attached hydrogens (tertiary/aromatic N) is 1. The number of anilines is 1. The molecule has 0 unspecified atom stereocenters. The number of carbonyl (C=O) groups is 2. The van der Waals surface area contributed by atoms with Crippen LogP contribution < -0.4 is 14.8 Å². The molecule has 178 valence electrons.